The second-order valence-corrected chi connectivity index (χ2v) is 5.02. The molecule has 0 saturated carbocycles. The van der Waals surface area contributed by atoms with E-state index in [9.17, 15) is 14.7 Å². The molecule has 0 bridgehead atoms. The fourth-order valence-electron chi connectivity index (χ4n) is 2.42. The number of hydrogen-bond acceptors (Lipinski definition) is 3. The SMILES string of the molecule is O=C(Cc1ccccc1)NC(C(=O)O)C1CCCOC1. The summed E-state index contributed by atoms with van der Waals surface area (Å²) >= 11 is 0. The number of hydrogen-bond donors (Lipinski definition) is 2. The van der Waals surface area contributed by atoms with Crippen molar-refractivity contribution in [3.8, 4) is 0 Å². The van der Waals surface area contributed by atoms with Gasteiger partial charge in [-0.25, -0.2) is 4.79 Å². The van der Waals surface area contributed by atoms with Crippen molar-refractivity contribution < 1.29 is 19.4 Å². The van der Waals surface area contributed by atoms with Crippen molar-refractivity contribution in [2.75, 3.05) is 13.2 Å². The summed E-state index contributed by atoms with van der Waals surface area (Å²) in [4.78, 5) is 23.3. The Morgan fingerprint density at radius 2 is 2.10 bits per heavy atom. The summed E-state index contributed by atoms with van der Waals surface area (Å²) in [5.74, 6) is -1.42. The van der Waals surface area contributed by atoms with Crippen LogP contribution in [-0.4, -0.2) is 36.2 Å². The molecule has 2 rings (SSSR count). The van der Waals surface area contributed by atoms with Gasteiger partial charge in [0.15, 0.2) is 0 Å². The number of rotatable bonds is 5. The number of nitrogens with one attached hydrogen (secondary N) is 1. The van der Waals surface area contributed by atoms with Crippen LogP contribution in [0, 0.1) is 5.92 Å². The second kappa shape index (κ2) is 7.05. The van der Waals surface area contributed by atoms with Gasteiger partial charge in [-0.15, -0.1) is 0 Å². The molecule has 1 heterocycles. The zero-order chi connectivity index (χ0) is 14.4. The van der Waals surface area contributed by atoms with Crippen molar-refractivity contribution >= 4 is 11.9 Å². The third-order valence-corrected chi connectivity index (χ3v) is 3.46. The molecule has 1 aromatic rings. The molecule has 5 nitrogen and oxygen atoms in total. The minimum Gasteiger partial charge on any atom is -0.480 e. The van der Waals surface area contributed by atoms with E-state index >= 15 is 0 Å². The first-order chi connectivity index (χ1) is 9.66. The number of ether oxygens (including phenoxy) is 1. The molecular formula is C15H19NO4. The predicted octanol–water partition coefficient (Wildman–Crippen LogP) is 1.23. The van der Waals surface area contributed by atoms with Crippen molar-refractivity contribution in [2.45, 2.75) is 25.3 Å². The molecule has 2 atom stereocenters. The maximum absolute atomic E-state index is 12.0. The predicted molar refractivity (Wildman–Crippen MR) is 73.3 cm³/mol. The van der Waals surface area contributed by atoms with Gasteiger partial charge < -0.3 is 15.2 Å². The smallest absolute Gasteiger partial charge is 0.326 e. The number of amides is 1. The largest absolute Gasteiger partial charge is 0.480 e. The van der Waals surface area contributed by atoms with E-state index in [-0.39, 0.29) is 18.2 Å². The van der Waals surface area contributed by atoms with Crippen molar-refractivity contribution in [3.63, 3.8) is 0 Å². The van der Waals surface area contributed by atoms with Crippen LogP contribution in [0.3, 0.4) is 0 Å². The van der Waals surface area contributed by atoms with Crippen LogP contribution < -0.4 is 5.32 Å². The van der Waals surface area contributed by atoms with Gasteiger partial charge in [-0.2, -0.15) is 0 Å². The summed E-state index contributed by atoms with van der Waals surface area (Å²) in [7, 11) is 0. The lowest BCUT2D eigenvalue weighted by atomic mass is 9.93. The number of carboxylic acids is 1. The molecule has 1 aliphatic rings. The van der Waals surface area contributed by atoms with Crippen LogP contribution in [0.1, 0.15) is 18.4 Å². The van der Waals surface area contributed by atoms with Gasteiger partial charge in [0.1, 0.15) is 6.04 Å². The molecular weight excluding hydrogens is 258 g/mol. The fraction of sp³-hybridized carbons (Fsp3) is 0.467. The Kier molecular flexibility index (Phi) is 5.12. The highest BCUT2D eigenvalue weighted by atomic mass is 16.5. The maximum atomic E-state index is 12.0. The summed E-state index contributed by atoms with van der Waals surface area (Å²) < 4.78 is 5.30. The molecule has 20 heavy (non-hydrogen) atoms. The first-order valence-corrected chi connectivity index (χ1v) is 6.80. The monoisotopic (exact) mass is 277 g/mol. The molecule has 0 aromatic heterocycles. The zero-order valence-corrected chi connectivity index (χ0v) is 11.2. The highest BCUT2D eigenvalue weighted by Gasteiger charge is 2.31. The molecule has 1 saturated heterocycles. The van der Waals surface area contributed by atoms with Gasteiger partial charge in [-0.1, -0.05) is 30.3 Å². The Morgan fingerprint density at radius 1 is 1.35 bits per heavy atom. The second-order valence-electron chi connectivity index (χ2n) is 5.02. The summed E-state index contributed by atoms with van der Waals surface area (Å²) in [6.07, 6.45) is 1.80. The van der Waals surface area contributed by atoms with Crippen LogP contribution >= 0.6 is 0 Å². The van der Waals surface area contributed by atoms with Gasteiger partial charge in [0.2, 0.25) is 5.91 Å². The third-order valence-electron chi connectivity index (χ3n) is 3.46. The molecule has 0 radical (unpaired) electrons. The Hall–Kier alpha value is -1.88. The van der Waals surface area contributed by atoms with Crippen molar-refractivity contribution in [2.24, 2.45) is 5.92 Å². The number of benzene rings is 1. The Morgan fingerprint density at radius 3 is 2.70 bits per heavy atom. The Bertz CT molecular complexity index is 454. The molecule has 1 fully saturated rings. The highest BCUT2D eigenvalue weighted by molar-refractivity contribution is 5.85. The molecule has 1 aliphatic heterocycles. The number of aliphatic carboxylic acids is 1. The number of carboxylic acid groups (broad SMARTS) is 1. The van der Waals surface area contributed by atoms with Crippen LogP contribution in [0.4, 0.5) is 0 Å². The van der Waals surface area contributed by atoms with Crippen molar-refractivity contribution in [3.05, 3.63) is 35.9 Å². The molecule has 2 N–H and O–H groups in total. The van der Waals surface area contributed by atoms with E-state index in [1.54, 1.807) is 0 Å². The fourth-order valence-corrected chi connectivity index (χ4v) is 2.42. The molecule has 0 spiro atoms. The van der Waals surface area contributed by atoms with E-state index in [2.05, 4.69) is 5.32 Å². The van der Waals surface area contributed by atoms with E-state index in [1.165, 1.54) is 0 Å². The molecule has 5 heteroatoms. The Balaban J connectivity index is 1.93. The first-order valence-electron chi connectivity index (χ1n) is 6.80. The summed E-state index contributed by atoms with van der Waals surface area (Å²) in [6, 6.07) is 8.41. The molecule has 1 amide bonds. The standard InChI is InChI=1S/C15H19NO4/c17-13(9-11-5-2-1-3-6-11)16-14(15(18)19)12-7-4-8-20-10-12/h1-3,5-6,12,14H,4,7-10H2,(H,16,17)(H,18,19). The Labute approximate surface area is 117 Å². The van der Waals surface area contributed by atoms with Crippen LogP contribution in [0.15, 0.2) is 30.3 Å². The van der Waals surface area contributed by atoms with Crippen LogP contribution in [0.25, 0.3) is 0 Å². The topological polar surface area (TPSA) is 75.6 Å². The average Bonchev–Trinajstić information content (AvgIpc) is 2.46. The lowest BCUT2D eigenvalue weighted by molar-refractivity contribution is -0.145. The maximum Gasteiger partial charge on any atom is 0.326 e. The van der Waals surface area contributed by atoms with E-state index in [0.717, 1.165) is 18.4 Å². The van der Waals surface area contributed by atoms with Gasteiger partial charge >= 0.3 is 5.97 Å². The van der Waals surface area contributed by atoms with Crippen LogP contribution in [0.2, 0.25) is 0 Å². The molecule has 1 aromatic carbocycles. The number of carbonyl (C=O) groups is 2. The lowest BCUT2D eigenvalue weighted by Crippen LogP contribution is -2.48. The summed E-state index contributed by atoms with van der Waals surface area (Å²) in [5.41, 5.74) is 0.869. The van der Waals surface area contributed by atoms with Gasteiger partial charge in [-0.3, -0.25) is 4.79 Å². The first kappa shape index (κ1) is 14.5. The van der Waals surface area contributed by atoms with Gasteiger partial charge in [0.05, 0.1) is 13.0 Å². The minimum absolute atomic E-state index is 0.152. The van der Waals surface area contributed by atoms with Gasteiger partial charge in [0.25, 0.3) is 0 Å². The normalized spacial score (nSPS) is 20.1. The van der Waals surface area contributed by atoms with E-state index < -0.39 is 12.0 Å². The summed E-state index contributed by atoms with van der Waals surface area (Å²) in [6.45, 7) is 1.06. The van der Waals surface area contributed by atoms with Crippen molar-refractivity contribution in [1.82, 2.24) is 5.32 Å². The van der Waals surface area contributed by atoms with E-state index in [0.29, 0.717) is 13.2 Å². The molecule has 0 aliphatic carbocycles. The quantitative estimate of drug-likeness (QED) is 0.848. The third kappa shape index (κ3) is 4.06. The van der Waals surface area contributed by atoms with Gasteiger partial charge in [-0.05, 0) is 18.4 Å². The molecule has 2 unspecified atom stereocenters. The van der Waals surface area contributed by atoms with E-state index in [1.807, 2.05) is 30.3 Å². The van der Waals surface area contributed by atoms with Crippen LogP contribution in [0.5, 0.6) is 0 Å². The lowest BCUT2D eigenvalue weighted by Gasteiger charge is -2.28. The highest BCUT2D eigenvalue weighted by Crippen LogP contribution is 2.18. The zero-order valence-electron chi connectivity index (χ0n) is 11.2. The van der Waals surface area contributed by atoms with Gasteiger partial charge in [0, 0.05) is 12.5 Å². The van der Waals surface area contributed by atoms with Crippen LogP contribution in [-0.2, 0) is 20.7 Å². The van der Waals surface area contributed by atoms with E-state index in [4.69, 9.17) is 4.74 Å². The average molecular weight is 277 g/mol. The number of carbonyl (C=O) groups excluding carboxylic acids is 1. The minimum atomic E-state index is -0.998. The van der Waals surface area contributed by atoms with Crippen molar-refractivity contribution in [1.29, 1.82) is 0 Å². The molecule has 108 valence electrons. The summed E-state index contributed by atoms with van der Waals surface area (Å²) in [5, 5.41) is 11.9.